The Morgan fingerprint density at radius 2 is 2.17 bits per heavy atom. The Hall–Kier alpha value is -0.910. The van der Waals surface area contributed by atoms with Gasteiger partial charge in [0.2, 0.25) is 5.91 Å². The van der Waals surface area contributed by atoms with E-state index in [1.54, 1.807) is 0 Å². The SMILES string of the molecule is C[C@H](C(N)=O)N1CCO[C@H](c2ccc(Br)cc2)C1. The molecule has 5 heteroatoms. The number of hydrogen-bond acceptors (Lipinski definition) is 3. The van der Waals surface area contributed by atoms with Crippen LogP contribution in [0.2, 0.25) is 0 Å². The summed E-state index contributed by atoms with van der Waals surface area (Å²) in [5.74, 6) is -0.286. The summed E-state index contributed by atoms with van der Waals surface area (Å²) in [6, 6.07) is 7.82. The molecule has 1 saturated heterocycles. The van der Waals surface area contributed by atoms with Gasteiger partial charge in [-0.2, -0.15) is 0 Å². The van der Waals surface area contributed by atoms with Gasteiger partial charge < -0.3 is 10.5 Å². The molecule has 0 unspecified atom stereocenters. The van der Waals surface area contributed by atoms with Crippen LogP contribution in [0.3, 0.4) is 0 Å². The van der Waals surface area contributed by atoms with Gasteiger partial charge in [-0.1, -0.05) is 28.1 Å². The lowest BCUT2D eigenvalue weighted by Gasteiger charge is -2.35. The summed E-state index contributed by atoms with van der Waals surface area (Å²) in [6.45, 7) is 3.91. The van der Waals surface area contributed by atoms with Crippen molar-refractivity contribution in [1.29, 1.82) is 0 Å². The third kappa shape index (κ3) is 3.10. The number of morpholine rings is 1. The second kappa shape index (κ2) is 5.82. The molecule has 0 radical (unpaired) electrons. The number of nitrogens with zero attached hydrogens (tertiary/aromatic N) is 1. The van der Waals surface area contributed by atoms with Crippen molar-refractivity contribution >= 4 is 21.8 Å². The minimum absolute atomic E-state index is 0.00801. The second-order valence-corrected chi connectivity index (χ2v) is 5.40. The highest BCUT2D eigenvalue weighted by molar-refractivity contribution is 9.10. The summed E-state index contributed by atoms with van der Waals surface area (Å²) in [5.41, 5.74) is 6.47. The average molecular weight is 313 g/mol. The molecule has 18 heavy (non-hydrogen) atoms. The smallest absolute Gasteiger partial charge is 0.234 e. The Labute approximate surface area is 115 Å². The third-order valence-electron chi connectivity index (χ3n) is 3.30. The summed E-state index contributed by atoms with van der Waals surface area (Å²) in [7, 11) is 0. The zero-order chi connectivity index (χ0) is 13.1. The molecule has 1 fully saturated rings. The van der Waals surface area contributed by atoms with E-state index < -0.39 is 0 Å². The van der Waals surface area contributed by atoms with Crippen molar-refractivity contribution < 1.29 is 9.53 Å². The fraction of sp³-hybridized carbons (Fsp3) is 0.462. The lowest BCUT2D eigenvalue weighted by atomic mass is 10.1. The number of nitrogens with two attached hydrogens (primary N) is 1. The van der Waals surface area contributed by atoms with Crippen LogP contribution in [-0.4, -0.2) is 36.5 Å². The van der Waals surface area contributed by atoms with Gasteiger partial charge in [0.15, 0.2) is 0 Å². The standard InChI is InChI=1S/C13H17BrN2O2/c1-9(13(15)17)16-6-7-18-12(8-16)10-2-4-11(14)5-3-10/h2-5,9,12H,6-8H2,1H3,(H2,15,17)/t9-,12+/m1/s1. The van der Waals surface area contributed by atoms with E-state index in [1.807, 2.05) is 31.2 Å². The number of hydrogen-bond donors (Lipinski definition) is 1. The molecule has 2 N–H and O–H groups in total. The number of carbonyl (C=O) groups is 1. The first-order chi connectivity index (χ1) is 8.58. The number of halogens is 1. The largest absolute Gasteiger partial charge is 0.371 e. The molecule has 0 saturated carbocycles. The molecule has 1 aromatic carbocycles. The molecule has 1 amide bonds. The lowest BCUT2D eigenvalue weighted by Crippen LogP contribution is -2.48. The topological polar surface area (TPSA) is 55.6 Å². The Kier molecular flexibility index (Phi) is 4.37. The summed E-state index contributed by atoms with van der Waals surface area (Å²) in [6.07, 6.45) is 0.00801. The first kappa shape index (κ1) is 13.5. The molecule has 0 spiro atoms. The van der Waals surface area contributed by atoms with Crippen LogP contribution in [0, 0.1) is 0 Å². The highest BCUT2D eigenvalue weighted by Gasteiger charge is 2.27. The predicted octanol–water partition coefficient (Wildman–Crippen LogP) is 1.70. The fourth-order valence-electron chi connectivity index (χ4n) is 2.08. The quantitative estimate of drug-likeness (QED) is 0.924. The molecule has 4 nitrogen and oxygen atoms in total. The molecular formula is C13H17BrN2O2. The van der Waals surface area contributed by atoms with Crippen molar-refractivity contribution in [2.75, 3.05) is 19.7 Å². The maximum absolute atomic E-state index is 11.2. The molecule has 1 aliphatic heterocycles. The van der Waals surface area contributed by atoms with E-state index >= 15 is 0 Å². The summed E-state index contributed by atoms with van der Waals surface area (Å²) in [4.78, 5) is 13.3. The zero-order valence-corrected chi connectivity index (χ0v) is 11.9. The molecule has 98 valence electrons. The van der Waals surface area contributed by atoms with E-state index in [0.29, 0.717) is 13.2 Å². The van der Waals surface area contributed by atoms with Crippen molar-refractivity contribution in [3.05, 3.63) is 34.3 Å². The van der Waals surface area contributed by atoms with Crippen LogP contribution in [0.15, 0.2) is 28.7 Å². The summed E-state index contributed by atoms with van der Waals surface area (Å²) in [5, 5.41) is 0. The number of carbonyl (C=O) groups excluding carboxylic acids is 1. The lowest BCUT2D eigenvalue weighted by molar-refractivity contribution is -0.126. The van der Waals surface area contributed by atoms with E-state index in [2.05, 4.69) is 20.8 Å². The van der Waals surface area contributed by atoms with Crippen molar-refractivity contribution in [2.45, 2.75) is 19.1 Å². The van der Waals surface area contributed by atoms with Crippen molar-refractivity contribution in [2.24, 2.45) is 5.73 Å². The van der Waals surface area contributed by atoms with Gasteiger partial charge in [-0.25, -0.2) is 0 Å². The number of primary amides is 1. The molecule has 2 rings (SSSR count). The van der Waals surface area contributed by atoms with E-state index in [9.17, 15) is 4.79 Å². The van der Waals surface area contributed by atoms with Gasteiger partial charge in [0.25, 0.3) is 0 Å². The van der Waals surface area contributed by atoms with Crippen molar-refractivity contribution in [1.82, 2.24) is 4.90 Å². The van der Waals surface area contributed by atoms with Crippen LogP contribution in [0.4, 0.5) is 0 Å². The van der Waals surface area contributed by atoms with Crippen LogP contribution < -0.4 is 5.73 Å². The summed E-state index contributed by atoms with van der Waals surface area (Å²) < 4.78 is 6.80. The maximum atomic E-state index is 11.2. The van der Waals surface area contributed by atoms with Gasteiger partial charge in [-0.05, 0) is 24.6 Å². The first-order valence-corrected chi connectivity index (χ1v) is 6.77. The van der Waals surface area contributed by atoms with E-state index in [1.165, 1.54) is 0 Å². The molecular weight excluding hydrogens is 296 g/mol. The Morgan fingerprint density at radius 1 is 1.50 bits per heavy atom. The Morgan fingerprint density at radius 3 is 2.78 bits per heavy atom. The van der Waals surface area contributed by atoms with Crippen LogP contribution in [0.5, 0.6) is 0 Å². The minimum atomic E-state index is -0.286. The van der Waals surface area contributed by atoms with Gasteiger partial charge in [0, 0.05) is 17.6 Å². The zero-order valence-electron chi connectivity index (χ0n) is 10.3. The van der Waals surface area contributed by atoms with E-state index in [-0.39, 0.29) is 18.1 Å². The molecule has 0 aliphatic carbocycles. The third-order valence-corrected chi connectivity index (χ3v) is 3.83. The molecule has 2 atom stereocenters. The molecule has 1 aromatic rings. The molecule has 1 heterocycles. The van der Waals surface area contributed by atoms with E-state index in [0.717, 1.165) is 16.6 Å². The predicted molar refractivity (Wildman–Crippen MR) is 73.1 cm³/mol. The Bertz CT molecular complexity index is 422. The van der Waals surface area contributed by atoms with Crippen LogP contribution in [0.25, 0.3) is 0 Å². The number of amides is 1. The molecule has 0 bridgehead atoms. The van der Waals surface area contributed by atoms with Crippen molar-refractivity contribution in [3.8, 4) is 0 Å². The number of ether oxygens (including phenoxy) is 1. The van der Waals surface area contributed by atoms with E-state index in [4.69, 9.17) is 10.5 Å². The summed E-state index contributed by atoms with van der Waals surface area (Å²) >= 11 is 3.41. The van der Waals surface area contributed by atoms with Gasteiger partial charge in [0.05, 0.1) is 18.8 Å². The first-order valence-electron chi connectivity index (χ1n) is 5.98. The Balaban J connectivity index is 2.06. The fourth-order valence-corrected chi connectivity index (χ4v) is 2.34. The normalized spacial score (nSPS) is 22.7. The highest BCUT2D eigenvalue weighted by Crippen LogP contribution is 2.24. The monoisotopic (exact) mass is 312 g/mol. The van der Waals surface area contributed by atoms with Crippen LogP contribution >= 0.6 is 15.9 Å². The number of rotatable bonds is 3. The van der Waals surface area contributed by atoms with Gasteiger partial charge in [-0.3, -0.25) is 9.69 Å². The van der Waals surface area contributed by atoms with Gasteiger partial charge in [0.1, 0.15) is 0 Å². The molecule has 0 aromatic heterocycles. The molecule has 1 aliphatic rings. The van der Waals surface area contributed by atoms with Gasteiger partial charge in [-0.15, -0.1) is 0 Å². The van der Waals surface area contributed by atoms with Crippen LogP contribution in [-0.2, 0) is 9.53 Å². The average Bonchev–Trinajstić information content (AvgIpc) is 2.38. The van der Waals surface area contributed by atoms with Gasteiger partial charge >= 0.3 is 0 Å². The highest BCUT2D eigenvalue weighted by atomic mass is 79.9. The number of benzene rings is 1. The second-order valence-electron chi connectivity index (χ2n) is 4.48. The van der Waals surface area contributed by atoms with Crippen molar-refractivity contribution in [3.63, 3.8) is 0 Å². The van der Waals surface area contributed by atoms with Crippen LogP contribution in [0.1, 0.15) is 18.6 Å². The minimum Gasteiger partial charge on any atom is -0.371 e. The maximum Gasteiger partial charge on any atom is 0.234 e.